The highest BCUT2D eigenvalue weighted by Crippen LogP contribution is 2.26. The third-order valence-electron chi connectivity index (χ3n) is 1.39. The Bertz CT molecular complexity index is 411. The van der Waals surface area contributed by atoms with Gasteiger partial charge >= 0.3 is 0 Å². The Kier molecular flexibility index (Phi) is 3.48. The van der Waals surface area contributed by atoms with E-state index in [0.29, 0.717) is 20.1 Å². The topological polar surface area (TPSA) is 40.9 Å². The summed E-state index contributed by atoms with van der Waals surface area (Å²) < 4.78 is 1.20. The van der Waals surface area contributed by atoms with E-state index in [-0.39, 0.29) is 0 Å². The summed E-state index contributed by atoms with van der Waals surface area (Å²) in [4.78, 5) is 10.9. The van der Waals surface area contributed by atoms with Crippen molar-refractivity contribution in [1.29, 1.82) is 5.26 Å². The van der Waals surface area contributed by atoms with Gasteiger partial charge in [0.1, 0.15) is 6.07 Å². The first-order valence-electron chi connectivity index (χ1n) is 3.15. The average Bonchev–Trinajstić information content (AvgIpc) is 2.03. The van der Waals surface area contributed by atoms with Gasteiger partial charge in [-0.25, -0.2) is 0 Å². The molecule has 1 rings (SSSR count). The van der Waals surface area contributed by atoms with Crippen LogP contribution in [0.25, 0.3) is 0 Å². The fourth-order valence-electron chi connectivity index (χ4n) is 0.785. The molecule has 0 radical (unpaired) electrons. The number of hydrogen-bond donors (Lipinski definition) is 0. The van der Waals surface area contributed by atoms with Crippen molar-refractivity contribution < 1.29 is 4.79 Å². The van der Waals surface area contributed by atoms with Crippen molar-refractivity contribution in [2.24, 2.45) is 0 Å². The minimum Gasteiger partial charge on any atom is -0.276 e. The molecule has 13 heavy (non-hydrogen) atoms. The van der Waals surface area contributed by atoms with E-state index >= 15 is 0 Å². The Hall–Kier alpha value is -0.370. The van der Waals surface area contributed by atoms with E-state index in [1.54, 1.807) is 6.07 Å². The molecule has 0 saturated heterocycles. The van der Waals surface area contributed by atoms with Crippen molar-refractivity contribution in [3.8, 4) is 6.07 Å². The lowest BCUT2D eigenvalue weighted by molar-refractivity contribution is 0.108. The van der Waals surface area contributed by atoms with Crippen LogP contribution in [0.1, 0.15) is 15.9 Å². The normalized spacial score (nSPS) is 9.38. The molecule has 0 N–H and O–H groups in total. The Morgan fingerprint density at radius 3 is 2.46 bits per heavy atom. The first-order valence-corrected chi connectivity index (χ1v) is 5.11. The van der Waals surface area contributed by atoms with Crippen LogP contribution in [-0.4, -0.2) is 5.24 Å². The van der Waals surface area contributed by atoms with Crippen LogP contribution in [0.4, 0.5) is 0 Å². The number of benzene rings is 1. The zero-order chi connectivity index (χ0) is 10.0. The van der Waals surface area contributed by atoms with Crippen LogP contribution in [0, 0.1) is 11.3 Å². The smallest absolute Gasteiger partial charge is 0.253 e. The maximum atomic E-state index is 10.9. The SMILES string of the molecule is N#Cc1cc(C(=O)Cl)c(Br)cc1Br. The molecule has 0 saturated carbocycles. The van der Waals surface area contributed by atoms with Crippen LogP contribution in [0.2, 0.25) is 0 Å². The van der Waals surface area contributed by atoms with Gasteiger partial charge in [-0.1, -0.05) is 0 Å². The summed E-state index contributed by atoms with van der Waals surface area (Å²) in [5, 5.41) is 8.08. The highest BCUT2D eigenvalue weighted by molar-refractivity contribution is 9.11. The maximum Gasteiger partial charge on any atom is 0.253 e. The fraction of sp³-hybridized carbons (Fsp3) is 0. The van der Waals surface area contributed by atoms with Gasteiger partial charge in [-0.05, 0) is 55.6 Å². The summed E-state index contributed by atoms with van der Waals surface area (Å²) in [6.45, 7) is 0. The zero-order valence-electron chi connectivity index (χ0n) is 6.14. The maximum absolute atomic E-state index is 10.9. The van der Waals surface area contributed by atoms with Gasteiger partial charge in [-0.15, -0.1) is 0 Å². The van der Waals surface area contributed by atoms with Gasteiger partial charge in [0.15, 0.2) is 0 Å². The predicted octanol–water partition coefficient (Wildman–Crippen LogP) is 3.46. The summed E-state index contributed by atoms with van der Waals surface area (Å²) in [5.74, 6) is 0. The highest BCUT2D eigenvalue weighted by Gasteiger charge is 2.10. The summed E-state index contributed by atoms with van der Waals surface area (Å²) in [7, 11) is 0. The molecule has 0 spiro atoms. The number of nitrogens with zero attached hydrogens (tertiary/aromatic N) is 1. The molecular formula is C8H2Br2ClNO. The van der Waals surface area contributed by atoms with E-state index in [9.17, 15) is 4.79 Å². The Labute approximate surface area is 96.8 Å². The van der Waals surface area contributed by atoms with Gasteiger partial charge in [0.2, 0.25) is 0 Å². The third-order valence-corrected chi connectivity index (χ3v) is 2.90. The van der Waals surface area contributed by atoms with Gasteiger partial charge in [0.25, 0.3) is 5.24 Å². The van der Waals surface area contributed by atoms with E-state index in [2.05, 4.69) is 31.9 Å². The number of halogens is 3. The summed E-state index contributed by atoms with van der Waals surface area (Å²) >= 11 is 11.6. The number of nitriles is 1. The van der Waals surface area contributed by atoms with E-state index < -0.39 is 5.24 Å². The van der Waals surface area contributed by atoms with Crippen molar-refractivity contribution in [1.82, 2.24) is 0 Å². The van der Waals surface area contributed by atoms with Crippen LogP contribution in [0.3, 0.4) is 0 Å². The van der Waals surface area contributed by atoms with Gasteiger partial charge in [0.05, 0.1) is 5.56 Å². The minimum atomic E-state index is -0.587. The standard InChI is InChI=1S/C8H2Br2ClNO/c9-6-2-7(10)5(8(11)13)1-4(6)3-12/h1-2H. The summed E-state index contributed by atoms with van der Waals surface area (Å²) in [6.07, 6.45) is 0. The third kappa shape index (κ3) is 2.31. The quantitative estimate of drug-likeness (QED) is 0.743. The molecule has 5 heteroatoms. The van der Waals surface area contributed by atoms with Crippen LogP contribution in [-0.2, 0) is 0 Å². The number of rotatable bonds is 1. The number of hydrogen-bond acceptors (Lipinski definition) is 2. The summed E-state index contributed by atoms with van der Waals surface area (Å²) in [6, 6.07) is 4.99. The van der Waals surface area contributed by atoms with Crippen molar-refractivity contribution in [3.05, 3.63) is 32.2 Å². The first-order chi connectivity index (χ1) is 6.06. The lowest BCUT2D eigenvalue weighted by Gasteiger charge is -2.01. The number of carbonyl (C=O) groups is 1. The van der Waals surface area contributed by atoms with Crippen molar-refractivity contribution in [2.45, 2.75) is 0 Å². The molecule has 0 aromatic heterocycles. The van der Waals surface area contributed by atoms with E-state index in [4.69, 9.17) is 16.9 Å². The highest BCUT2D eigenvalue weighted by atomic mass is 79.9. The molecule has 0 bridgehead atoms. The number of carbonyl (C=O) groups excluding carboxylic acids is 1. The second-order valence-corrected chi connectivity index (χ2v) is 4.25. The molecule has 2 nitrogen and oxygen atoms in total. The van der Waals surface area contributed by atoms with Gasteiger partial charge in [-0.3, -0.25) is 4.79 Å². The average molecular weight is 323 g/mol. The van der Waals surface area contributed by atoms with E-state index in [1.165, 1.54) is 6.07 Å². The van der Waals surface area contributed by atoms with Crippen molar-refractivity contribution in [2.75, 3.05) is 0 Å². The van der Waals surface area contributed by atoms with Crippen LogP contribution in [0.15, 0.2) is 21.1 Å². The second kappa shape index (κ2) is 4.23. The largest absolute Gasteiger partial charge is 0.276 e. The van der Waals surface area contributed by atoms with Gasteiger partial charge < -0.3 is 0 Å². The lowest BCUT2D eigenvalue weighted by atomic mass is 10.1. The molecule has 66 valence electrons. The van der Waals surface area contributed by atoms with Crippen LogP contribution < -0.4 is 0 Å². The van der Waals surface area contributed by atoms with Crippen molar-refractivity contribution in [3.63, 3.8) is 0 Å². The van der Waals surface area contributed by atoms with Crippen LogP contribution in [0.5, 0.6) is 0 Å². The molecule has 0 heterocycles. The molecule has 0 amide bonds. The first kappa shape index (κ1) is 10.7. The summed E-state index contributed by atoms with van der Waals surface area (Å²) in [5.41, 5.74) is 0.675. The lowest BCUT2D eigenvalue weighted by Crippen LogP contribution is -1.92. The molecule has 0 fully saturated rings. The minimum absolute atomic E-state index is 0.293. The molecule has 1 aromatic rings. The Morgan fingerprint density at radius 1 is 1.38 bits per heavy atom. The Balaban J connectivity index is 3.41. The van der Waals surface area contributed by atoms with Gasteiger partial charge in [0, 0.05) is 14.5 Å². The zero-order valence-corrected chi connectivity index (χ0v) is 10.1. The van der Waals surface area contributed by atoms with Gasteiger partial charge in [-0.2, -0.15) is 5.26 Å². The van der Waals surface area contributed by atoms with E-state index in [1.807, 2.05) is 6.07 Å². The molecule has 0 unspecified atom stereocenters. The predicted molar refractivity (Wildman–Crippen MR) is 56.7 cm³/mol. The molecule has 0 aliphatic carbocycles. The Morgan fingerprint density at radius 2 is 2.00 bits per heavy atom. The van der Waals surface area contributed by atoms with E-state index in [0.717, 1.165) is 0 Å². The van der Waals surface area contributed by atoms with Crippen LogP contribution >= 0.6 is 43.5 Å². The van der Waals surface area contributed by atoms with Crippen molar-refractivity contribution >= 4 is 48.7 Å². The molecule has 0 aliphatic rings. The monoisotopic (exact) mass is 321 g/mol. The fourth-order valence-corrected chi connectivity index (χ4v) is 2.32. The second-order valence-electron chi connectivity index (χ2n) is 2.20. The molecule has 0 aliphatic heterocycles. The molecule has 0 atom stereocenters. The molecular weight excluding hydrogens is 321 g/mol. The molecule has 1 aromatic carbocycles.